The van der Waals surface area contributed by atoms with Crippen molar-refractivity contribution in [1.29, 1.82) is 0 Å². The van der Waals surface area contributed by atoms with Crippen molar-refractivity contribution >= 4 is 10.9 Å². The summed E-state index contributed by atoms with van der Waals surface area (Å²) >= 11 is 0. The Kier molecular flexibility index (Phi) is 3.73. The Morgan fingerprint density at radius 1 is 0.852 bits per heavy atom. The third kappa shape index (κ3) is 2.63. The monoisotopic (exact) mass is 356 g/mol. The van der Waals surface area contributed by atoms with Gasteiger partial charge in [0.15, 0.2) is 0 Å². The van der Waals surface area contributed by atoms with Crippen molar-refractivity contribution < 1.29 is 4.57 Å². The van der Waals surface area contributed by atoms with Gasteiger partial charge in [-0.3, -0.25) is 0 Å². The molecule has 0 radical (unpaired) electrons. The summed E-state index contributed by atoms with van der Waals surface area (Å²) in [6.45, 7) is 6.67. The van der Waals surface area contributed by atoms with Gasteiger partial charge in [0.1, 0.15) is 7.05 Å². The lowest BCUT2D eigenvalue weighted by Gasteiger charge is -2.21. The zero-order chi connectivity index (χ0) is 18.8. The second kappa shape index (κ2) is 5.92. The van der Waals surface area contributed by atoms with Crippen molar-refractivity contribution in [2.24, 2.45) is 12.5 Å². The quantitative estimate of drug-likeness (QED) is 0.477. The molecule has 27 heavy (non-hydrogen) atoms. The summed E-state index contributed by atoms with van der Waals surface area (Å²) < 4.78 is 2.41. The number of benzene rings is 2. The van der Waals surface area contributed by atoms with Crippen LogP contribution in [-0.4, -0.2) is 0 Å². The van der Waals surface area contributed by atoms with Gasteiger partial charge in [-0.25, -0.2) is 0 Å². The summed E-state index contributed by atoms with van der Waals surface area (Å²) in [7, 11) is 2.24. The molecule has 1 saturated carbocycles. The molecule has 3 aromatic rings. The fourth-order valence-corrected chi connectivity index (χ4v) is 5.78. The number of fused-ring (bicyclic) bond motifs is 2. The Hall–Kier alpha value is -2.15. The first kappa shape index (κ1) is 17.0. The lowest BCUT2D eigenvalue weighted by atomic mass is 9.83. The molecule has 0 aliphatic heterocycles. The highest BCUT2D eigenvalue weighted by Crippen LogP contribution is 2.49. The number of aryl methyl sites for hydroxylation is 3. The van der Waals surface area contributed by atoms with E-state index < -0.39 is 0 Å². The topological polar surface area (TPSA) is 3.88 Å². The van der Waals surface area contributed by atoms with Crippen molar-refractivity contribution in [3.05, 3.63) is 64.2 Å². The lowest BCUT2D eigenvalue weighted by Crippen LogP contribution is -2.32. The van der Waals surface area contributed by atoms with Crippen LogP contribution < -0.4 is 4.57 Å². The maximum atomic E-state index is 2.50. The molecule has 0 bridgehead atoms. The Morgan fingerprint density at radius 2 is 1.56 bits per heavy atom. The lowest BCUT2D eigenvalue weighted by molar-refractivity contribution is -0.633. The van der Waals surface area contributed by atoms with Gasteiger partial charge in [-0.1, -0.05) is 24.5 Å². The minimum Gasteiger partial charge on any atom is -0.194 e. The predicted molar refractivity (Wildman–Crippen MR) is 113 cm³/mol. The van der Waals surface area contributed by atoms with Gasteiger partial charge in [-0.05, 0) is 92.3 Å². The van der Waals surface area contributed by atoms with Crippen LogP contribution in [0.15, 0.2) is 36.4 Å². The number of rotatable bonds is 1. The molecular formula is C26H30N+. The first-order valence-electron chi connectivity index (χ1n) is 10.5. The average Bonchev–Trinajstić information content (AvgIpc) is 3.23. The van der Waals surface area contributed by atoms with Crippen LogP contribution >= 0.6 is 0 Å². The molecule has 0 saturated heterocycles. The van der Waals surface area contributed by atoms with Gasteiger partial charge >= 0.3 is 0 Å². The molecule has 1 spiro atoms. The van der Waals surface area contributed by atoms with E-state index in [-0.39, 0.29) is 0 Å². The van der Waals surface area contributed by atoms with Gasteiger partial charge < -0.3 is 0 Å². The molecule has 1 aromatic heterocycles. The van der Waals surface area contributed by atoms with Crippen LogP contribution in [0.2, 0.25) is 0 Å². The predicted octanol–water partition coefficient (Wildman–Crippen LogP) is 5.92. The fourth-order valence-electron chi connectivity index (χ4n) is 5.78. The summed E-state index contributed by atoms with van der Waals surface area (Å²) in [4.78, 5) is 0. The molecule has 2 aliphatic carbocycles. The van der Waals surface area contributed by atoms with Crippen LogP contribution in [0, 0.1) is 26.2 Å². The Bertz CT molecular complexity index is 1070. The first-order chi connectivity index (χ1) is 13.0. The molecule has 1 heteroatoms. The smallest absolute Gasteiger partial charge is 0.194 e. The minimum absolute atomic E-state index is 0.589. The molecule has 1 fully saturated rings. The SMILES string of the molecule is Cc1cc(C)c(C)c(-c2ccc3cc4c(cc3[n+]2C)CC2(CCCC2)C4)c1. The molecule has 0 amide bonds. The molecule has 138 valence electrons. The summed E-state index contributed by atoms with van der Waals surface area (Å²) in [5, 5.41) is 1.39. The van der Waals surface area contributed by atoms with Gasteiger partial charge in [0.2, 0.25) is 11.2 Å². The van der Waals surface area contributed by atoms with Crippen LogP contribution in [-0.2, 0) is 19.9 Å². The van der Waals surface area contributed by atoms with E-state index in [0.29, 0.717) is 5.41 Å². The standard InChI is InChI=1S/C26H30N/c1-17-11-18(2)19(3)23(12-17)24-8-7-20-13-21-15-26(9-5-6-10-26)16-22(21)14-25(20)27(24)4/h7-8,11-14H,5-6,9-10,15-16H2,1-4H3/q+1. The summed E-state index contributed by atoms with van der Waals surface area (Å²) in [5.74, 6) is 0. The van der Waals surface area contributed by atoms with Gasteiger partial charge in [0, 0.05) is 23.1 Å². The second-order valence-corrected chi connectivity index (χ2v) is 9.27. The highest BCUT2D eigenvalue weighted by molar-refractivity contribution is 5.80. The van der Waals surface area contributed by atoms with Gasteiger partial charge in [0.25, 0.3) is 0 Å². The van der Waals surface area contributed by atoms with Crippen LogP contribution in [0.1, 0.15) is 53.5 Å². The van der Waals surface area contributed by atoms with Crippen LogP contribution in [0.4, 0.5) is 0 Å². The molecule has 2 aromatic carbocycles. The van der Waals surface area contributed by atoms with Crippen molar-refractivity contribution in [2.45, 2.75) is 59.3 Å². The average molecular weight is 357 g/mol. The first-order valence-corrected chi connectivity index (χ1v) is 10.5. The number of hydrogen-bond donors (Lipinski definition) is 0. The largest absolute Gasteiger partial charge is 0.213 e. The maximum absolute atomic E-state index is 2.50. The van der Waals surface area contributed by atoms with E-state index in [1.54, 1.807) is 11.1 Å². The fraction of sp³-hybridized carbons (Fsp3) is 0.423. The van der Waals surface area contributed by atoms with Gasteiger partial charge in [0.05, 0.1) is 0 Å². The Balaban J connectivity index is 1.66. The zero-order valence-electron chi connectivity index (χ0n) is 17.2. The highest BCUT2D eigenvalue weighted by atomic mass is 14.9. The van der Waals surface area contributed by atoms with E-state index in [9.17, 15) is 0 Å². The van der Waals surface area contributed by atoms with Crippen molar-refractivity contribution in [2.75, 3.05) is 0 Å². The molecule has 5 rings (SSSR count). The van der Waals surface area contributed by atoms with E-state index in [1.807, 2.05) is 0 Å². The third-order valence-electron chi connectivity index (χ3n) is 7.38. The molecule has 2 aliphatic rings. The molecule has 0 atom stereocenters. The number of hydrogen-bond acceptors (Lipinski definition) is 0. The van der Waals surface area contributed by atoms with Crippen molar-refractivity contribution in [3.63, 3.8) is 0 Å². The van der Waals surface area contributed by atoms with Crippen LogP contribution in [0.5, 0.6) is 0 Å². The van der Waals surface area contributed by atoms with E-state index in [2.05, 4.69) is 68.8 Å². The van der Waals surface area contributed by atoms with Gasteiger partial charge in [-0.2, -0.15) is 4.57 Å². The van der Waals surface area contributed by atoms with Crippen molar-refractivity contribution in [3.8, 4) is 11.3 Å². The molecule has 0 unspecified atom stereocenters. The van der Waals surface area contributed by atoms with Gasteiger partial charge in [-0.15, -0.1) is 0 Å². The second-order valence-electron chi connectivity index (χ2n) is 9.27. The van der Waals surface area contributed by atoms with E-state index in [4.69, 9.17) is 0 Å². The molecule has 1 nitrogen and oxygen atoms in total. The van der Waals surface area contributed by atoms with E-state index in [0.717, 1.165) is 0 Å². The van der Waals surface area contributed by atoms with Crippen molar-refractivity contribution in [1.82, 2.24) is 0 Å². The summed E-state index contributed by atoms with van der Waals surface area (Å²) in [6, 6.07) is 14.3. The maximum Gasteiger partial charge on any atom is 0.213 e. The number of pyridine rings is 1. The Labute approximate surface area is 163 Å². The van der Waals surface area contributed by atoms with Crippen LogP contribution in [0.3, 0.4) is 0 Å². The zero-order valence-corrected chi connectivity index (χ0v) is 17.2. The summed E-state index contributed by atoms with van der Waals surface area (Å²) in [6.07, 6.45) is 8.31. The van der Waals surface area contributed by atoms with E-state index in [1.165, 1.54) is 77.4 Å². The molecule has 1 heterocycles. The number of nitrogens with zero attached hydrogens (tertiary/aromatic N) is 1. The summed E-state index contributed by atoms with van der Waals surface area (Å²) in [5.41, 5.74) is 12.0. The van der Waals surface area contributed by atoms with Crippen LogP contribution in [0.25, 0.3) is 22.2 Å². The molecule has 0 N–H and O–H groups in total. The van der Waals surface area contributed by atoms with E-state index >= 15 is 0 Å². The molecular weight excluding hydrogens is 326 g/mol. The Morgan fingerprint density at radius 3 is 2.30 bits per heavy atom. The highest BCUT2D eigenvalue weighted by Gasteiger charge is 2.40. The number of aromatic nitrogens is 1. The third-order valence-corrected chi connectivity index (χ3v) is 7.38. The minimum atomic E-state index is 0.589. The normalized spacial score (nSPS) is 17.8.